The Balaban J connectivity index is 4.28. The Morgan fingerprint density at radius 1 is 1.11 bits per heavy atom. The first-order valence-corrected chi connectivity index (χ1v) is 8.70. The summed E-state index contributed by atoms with van der Waals surface area (Å²) in [6.45, 7) is 7.59. The van der Waals surface area contributed by atoms with Gasteiger partial charge in [-0.25, -0.2) is 8.42 Å². The van der Waals surface area contributed by atoms with E-state index in [0.29, 0.717) is 6.54 Å². The molecule has 0 rings (SSSR count). The van der Waals surface area contributed by atoms with E-state index in [1.54, 1.807) is 4.31 Å². The first-order valence-electron chi connectivity index (χ1n) is 7.09. The predicted molar refractivity (Wildman–Crippen MR) is 78.3 cm³/mol. The molecule has 5 heteroatoms. The van der Waals surface area contributed by atoms with Crippen molar-refractivity contribution in [3.8, 4) is 0 Å². The molecule has 0 spiro atoms. The molecular weight excluding hydrogens is 248 g/mol. The largest absolute Gasteiger partial charge is 0.320 e. The first-order chi connectivity index (χ1) is 8.45. The molecule has 0 unspecified atom stereocenters. The number of rotatable bonds is 11. The highest BCUT2D eigenvalue weighted by Gasteiger charge is 2.23. The van der Waals surface area contributed by atoms with E-state index in [1.807, 2.05) is 20.9 Å². The standard InChI is InChI=1S/C13H30N2O2S/c1-5-6-8-11-15(13(2)3)18(16,17)12-9-7-10-14-4/h13-14H,5-12H2,1-4H3. The maximum atomic E-state index is 12.2. The second-order valence-electron chi connectivity index (χ2n) is 5.04. The van der Waals surface area contributed by atoms with Crippen LogP contribution in [0.5, 0.6) is 0 Å². The number of unbranched alkanes of at least 4 members (excludes halogenated alkanes) is 3. The minimum absolute atomic E-state index is 0.0659. The van der Waals surface area contributed by atoms with Gasteiger partial charge in [0.05, 0.1) is 5.75 Å². The molecule has 0 saturated carbocycles. The molecule has 0 amide bonds. The van der Waals surface area contributed by atoms with Crippen LogP contribution in [-0.2, 0) is 10.0 Å². The minimum Gasteiger partial charge on any atom is -0.320 e. The summed E-state index contributed by atoms with van der Waals surface area (Å²) in [7, 11) is -1.19. The second-order valence-corrected chi connectivity index (χ2v) is 7.08. The number of hydrogen-bond acceptors (Lipinski definition) is 3. The smallest absolute Gasteiger partial charge is 0.214 e. The van der Waals surface area contributed by atoms with Crippen LogP contribution in [0.25, 0.3) is 0 Å². The van der Waals surface area contributed by atoms with Crippen molar-refractivity contribution in [2.75, 3.05) is 25.9 Å². The molecule has 18 heavy (non-hydrogen) atoms. The van der Waals surface area contributed by atoms with Crippen LogP contribution in [0.4, 0.5) is 0 Å². The van der Waals surface area contributed by atoms with Crippen molar-refractivity contribution in [2.24, 2.45) is 0 Å². The maximum Gasteiger partial charge on any atom is 0.214 e. The lowest BCUT2D eigenvalue weighted by Crippen LogP contribution is -2.39. The van der Waals surface area contributed by atoms with Crippen molar-refractivity contribution in [3.05, 3.63) is 0 Å². The van der Waals surface area contributed by atoms with Gasteiger partial charge in [0.1, 0.15) is 0 Å². The Bertz CT molecular complexity index is 289. The second kappa shape index (κ2) is 9.75. The van der Waals surface area contributed by atoms with Crippen LogP contribution in [-0.4, -0.2) is 44.7 Å². The molecule has 0 aromatic heterocycles. The van der Waals surface area contributed by atoms with Gasteiger partial charge in [0.2, 0.25) is 10.0 Å². The normalized spacial score (nSPS) is 12.6. The topological polar surface area (TPSA) is 49.4 Å². The number of nitrogens with one attached hydrogen (secondary N) is 1. The van der Waals surface area contributed by atoms with E-state index in [-0.39, 0.29) is 11.8 Å². The van der Waals surface area contributed by atoms with Crippen molar-refractivity contribution in [2.45, 2.75) is 58.9 Å². The van der Waals surface area contributed by atoms with Crippen molar-refractivity contribution in [1.82, 2.24) is 9.62 Å². The highest BCUT2D eigenvalue weighted by atomic mass is 32.2. The zero-order valence-corrected chi connectivity index (χ0v) is 13.2. The molecule has 0 atom stereocenters. The molecule has 0 aromatic carbocycles. The Hall–Kier alpha value is -0.130. The lowest BCUT2D eigenvalue weighted by molar-refractivity contribution is 0.345. The van der Waals surface area contributed by atoms with Gasteiger partial charge in [0.15, 0.2) is 0 Å². The van der Waals surface area contributed by atoms with Crippen LogP contribution in [0.15, 0.2) is 0 Å². The zero-order chi connectivity index (χ0) is 14.0. The number of sulfonamides is 1. The van der Waals surface area contributed by atoms with Crippen LogP contribution in [0.3, 0.4) is 0 Å². The Labute approximate surface area is 113 Å². The monoisotopic (exact) mass is 278 g/mol. The summed E-state index contributed by atoms with van der Waals surface area (Å²) in [6, 6.07) is 0.0659. The third kappa shape index (κ3) is 7.34. The summed E-state index contributed by atoms with van der Waals surface area (Å²) >= 11 is 0. The number of nitrogens with zero attached hydrogens (tertiary/aromatic N) is 1. The maximum absolute atomic E-state index is 12.2. The summed E-state index contributed by atoms with van der Waals surface area (Å²) in [5.74, 6) is 0.277. The third-order valence-corrected chi connectivity index (χ3v) is 5.12. The molecule has 0 heterocycles. The van der Waals surface area contributed by atoms with Crippen molar-refractivity contribution < 1.29 is 8.42 Å². The third-order valence-electron chi connectivity index (χ3n) is 2.99. The van der Waals surface area contributed by atoms with E-state index in [2.05, 4.69) is 12.2 Å². The zero-order valence-electron chi connectivity index (χ0n) is 12.4. The van der Waals surface area contributed by atoms with Gasteiger partial charge in [0.25, 0.3) is 0 Å². The minimum atomic E-state index is -3.08. The van der Waals surface area contributed by atoms with Crippen molar-refractivity contribution in [3.63, 3.8) is 0 Å². The fourth-order valence-corrected chi connectivity index (χ4v) is 3.79. The van der Waals surface area contributed by atoms with Crippen molar-refractivity contribution >= 4 is 10.0 Å². The molecule has 0 fully saturated rings. The highest BCUT2D eigenvalue weighted by Crippen LogP contribution is 2.12. The first kappa shape index (κ1) is 17.9. The molecular formula is C13H30N2O2S. The van der Waals surface area contributed by atoms with E-state index in [0.717, 1.165) is 38.6 Å². The van der Waals surface area contributed by atoms with Crippen LogP contribution in [0, 0.1) is 0 Å². The molecule has 0 aliphatic rings. The molecule has 0 aliphatic heterocycles. The Morgan fingerprint density at radius 2 is 1.78 bits per heavy atom. The summed E-state index contributed by atoms with van der Waals surface area (Å²) in [5.41, 5.74) is 0. The van der Waals surface area contributed by atoms with Crippen molar-refractivity contribution in [1.29, 1.82) is 0 Å². The van der Waals surface area contributed by atoms with Gasteiger partial charge in [-0.15, -0.1) is 0 Å². The summed E-state index contributed by atoms with van der Waals surface area (Å²) < 4.78 is 26.1. The molecule has 0 aromatic rings. The van der Waals surface area contributed by atoms with Gasteiger partial charge in [-0.2, -0.15) is 4.31 Å². The quantitative estimate of drug-likeness (QED) is 0.590. The summed E-state index contributed by atoms with van der Waals surface area (Å²) in [5, 5.41) is 3.04. The highest BCUT2D eigenvalue weighted by molar-refractivity contribution is 7.89. The molecule has 1 N–H and O–H groups in total. The number of hydrogen-bond donors (Lipinski definition) is 1. The van der Waals surface area contributed by atoms with Crippen LogP contribution < -0.4 is 5.32 Å². The van der Waals surface area contributed by atoms with Gasteiger partial charge < -0.3 is 5.32 Å². The van der Waals surface area contributed by atoms with E-state index in [9.17, 15) is 8.42 Å². The van der Waals surface area contributed by atoms with E-state index in [4.69, 9.17) is 0 Å². The average molecular weight is 278 g/mol. The molecule has 110 valence electrons. The lowest BCUT2D eigenvalue weighted by Gasteiger charge is -2.26. The van der Waals surface area contributed by atoms with Gasteiger partial charge in [-0.3, -0.25) is 0 Å². The molecule has 0 aliphatic carbocycles. The predicted octanol–water partition coefficient (Wildman–Crippen LogP) is 2.22. The molecule has 4 nitrogen and oxygen atoms in total. The van der Waals surface area contributed by atoms with E-state index < -0.39 is 10.0 Å². The Morgan fingerprint density at radius 3 is 2.28 bits per heavy atom. The average Bonchev–Trinajstić information content (AvgIpc) is 2.29. The lowest BCUT2D eigenvalue weighted by atomic mass is 10.2. The Kier molecular flexibility index (Phi) is 9.68. The van der Waals surface area contributed by atoms with Crippen LogP contribution in [0.1, 0.15) is 52.9 Å². The van der Waals surface area contributed by atoms with Crippen LogP contribution >= 0.6 is 0 Å². The van der Waals surface area contributed by atoms with Gasteiger partial charge >= 0.3 is 0 Å². The molecule has 0 saturated heterocycles. The molecule has 0 radical (unpaired) electrons. The van der Waals surface area contributed by atoms with Gasteiger partial charge in [0, 0.05) is 12.6 Å². The van der Waals surface area contributed by atoms with Gasteiger partial charge in [-0.1, -0.05) is 19.8 Å². The van der Waals surface area contributed by atoms with E-state index in [1.165, 1.54) is 0 Å². The van der Waals surface area contributed by atoms with E-state index >= 15 is 0 Å². The fourth-order valence-electron chi connectivity index (χ4n) is 1.94. The summed E-state index contributed by atoms with van der Waals surface area (Å²) in [4.78, 5) is 0. The fraction of sp³-hybridized carbons (Fsp3) is 1.00. The SMILES string of the molecule is CCCCCN(C(C)C)S(=O)(=O)CCCCNC. The molecule has 0 bridgehead atoms. The summed E-state index contributed by atoms with van der Waals surface area (Å²) in [6.07, 6.45) is 4.83. The van der Waals surface area contributed by atoms with Gasteiger partial charge in [-0.05, 0) is 46.7 Å². The van der Waals surface area contributed by atoms with Crippen LogP contribution in [0.2, 0.25) is 0 Å².